The van der Waals surface area contributed by atoms with Gasteiger partial charge in [-0.3, -0.25) is 4.79 Å². The van der Waals surface area contributed by atoms with Crippen LogP contribution in [-0.4, -0.2) is 31.3 Å². The first-order valence-corrected chi connectivity index (χ1v) is 9.20. The molecule has 1 N–H and O–H groups in total. The minimum absolute atomic E-state index is 0.112. The van der Waals surface area contributed by atoms with Gasteiger partial charge in [0, 0.05) is 12.6 Å². The van der Waals surface area contributed by atoms with Crippen LogP contribution in [-0.2, 0) is 20.7 Å². The van der Waals surface area contributed by atoms with Gasteiger partial charge in [0.1, 0.15) is 0 Å². The summed E-state index contributed by atoms with van der Waals surface area (Å²) < 4.78 is 15.7. The molecule has 1 atom stereocenters. The molecular weight excluding hydrogens is 382 g/mol. The second kappa shape index (κ2) is 9.28. The molecule has 1 heterocycles. The molecule has 2 aromatic carbocycles. The number of fused-ring (bicyclic) bond motifs is 1. The Morgan fingerprint density at radius 1 is 1.25 bits per heavy atom. The number of nitrogens with one attached hydrogen (secondary N) is 1. The maximum atomic E-state index is 12.1. The molecule has 0 fully saturated rings. The van der Waals surface area contributed by atoms with Crippen LogP contribution in [0.4, 0.5) is 0 Å². The SMILES string of the molecule is C[C@H](OC(=O)/C=C/c1cc(Cl)c2c(c1)OCO2)C(=O)NCCc1ccccc1. The molecule has 0 spiro atoms. The van der Waals surface area contributed by atoms with Gasteiger partial charge in [0.2, 0.25) is 6.79 Å². The van der Waals surface area contributed by atoms with E-state index in [1.807, 2.05) is 30.3 Å². The van der Waals surface area contributed by atoms with Crippen LogP contribution in [0.3, 0.4) is 0 Å². The summed E-state index contributed by atoms with van der Waals surface area (Å²) in [6.45, 7) is 2.11. The van der Waals surface area contributed by atoms with Gasteiger partial charge >= 0.3 is 5.97 Å². The first-order valence-electron chi connectivity index (χ1n) is 8.82. The fourth-order valence-corrected chi connectivity index (χ4v) is 2.91. The van der Waals surface area contributed by atoms with Crippen molar-refractivity contribution >= 4 is 29.6 Å². The van der Waals surface area contributed by atoms with Gasteiger partial charge in [0.15, 0.2) is 17.6 Å². The standard InChI is InChI=1S/C21H20ClNO5/c1-14(21(25)23-10-9-15-5-3-2-4-6-15)28-19(24)8-7-16-11-17(22)20-18(12-16)26-13-27-20/h2-8,11-12,14H,9-10,13H2,1H3,(H,23,25)/b8-7+/t14-/m0/s1. The minimum atomic E-state index is -0.895. The Kier molecular flexibility index (Phi) is 6.55. The van der Waals surface area contributed by atoms with Gasteiger partial charge in [-0.15, -0.1) is 0 Å². The predicted molar refractivity (Wildman–Crippen MR) is 105 cm³/mol. The topological polar surface area (TPSA) is 73.9 Å². The second-order valence-electron chi connectivity index (χ2n) is 6.18. The number of carbonyl (C=O) groups is 2. The van der Waals surface area contributed by atoms with Gasteiger partial charge in [-0.2, -0.15) is 0 Å². The van der Waals surface area contributed by atoms with Crippen LogP contribution in [0.2, 0.25) is 5.02 Å². The summed E-state index contributed by atoms with van der Waals surface area (Å²) >= 11 is 6.10. The van der Waals surface area contributed by atoms with E-state index < -0.39 is 12.1 Å². The zero-order valence-electron chi connectivity index (χ0n) is 15.3. The molecule has 3 rings (SSSR count). The molecule has 1 aliphatic heterocycles. The van der Waals surface area contributed by atoms with Crippen LogP contribution in [0, 0.1) is 0 Å². The van der Waals surface area contributed by atoms with Gasteiger partial charge in [-0.05, 0) is 42.7 Å². The number of hydrogen-bond acceptors (Lipinski definition) is 5. The van der Waals surface area contributed by atoms with Gasteiger partial charge in [0.05, 0.1) is 5.02 Å². The van der Waals surface area contributed by atoms with Crippen molar-refractivity contribution in [1.82, 2.24) is 5.32 Å². The van der Waals surface area contributed by atoms with Crippen molar-refractivity contribution in [3.8, 4) is 11.5 Å². The van der Waals surface area contributed by atoms with Crippen molar-refractivity contribution in [3.63, 3.8) is 0 Å². The minimum Gasteiger partial charge on any atom is -0.454 e. The third kappa shape index (κ3) is 5.27. The van der Waals surface area contributed by atoms with E-state index in [0.717, 1.165) is 5.56 Å². The molecule has 28 heavy (non-hydrogen) atoms. The number of hydrogen-bond donors (Lipinski definition) is 1. The highest BCUT2D eigenvalue weighted by molar-refractivity contribution is 6.32. The normalized spacial score (nSPS) is 13.4. The molecule has 0 unspecified atom stereocenters. The fraction of sp³-hybridized carbons (Fsp3) is 0.238. The number of carbonyl (C=O) groups excluding carboxylic acids is 2. The average molecular weight is 402 g/mol. The first-order chi connectivity index (χ1) is 13.5. The van der Waals surface area contributed by atoms with Crippen molar-refractivity contribution in [2.45, 2.75) is 19.4 Å². The highest BCUT2D eigenvalue weighted by atomic mass is 35.5. The molecular formula is C21H20ClNO5. The molecule has 146 valence electrons. The number of ether oxygens (including phenoxy) is 3. The van der Waals surface area contributed by atoms with E-state index in [9.17, 15) is 9.59 Å². The number of rotatable bonds is 7. The van der Waals surface area contributed by atoms with Crippen molar-refractivity contribution < 1.29 is 23.8 Å². The zero-order valence-corrected chi connectivity index (χ0v) is 16.1. The van der Waals surface area contributed by atoms with Gasteiger partial charge in [0.25, 0.3) is 5.91 Å². The number of amides is 1. The molecule has 0 bridgehead atoms. The van der Waals surface area contributed by atoms with Crippen LogP contribution in [0.1, 0.15) is 18.1 Å². The smallest absolute Gasteiger partial charge is 0.331 e. The monoisotopic (exact) mass is 401 g/mol. The first kappa shape index (κ1) is 19.8. The summed E-state index contributed by atoms with van der Waals surface area (Å²) in [4.78, 5) is 24.0. The zero-order chi connectivity index (χ0) is 19.9. The fourth-order valence-electron chi connectivity index (χ4n) is 2.63. The van der Waals surface area contributed by atoms with Crippen molar-refractivity contribution in [1.29, 1.82) is 0 Å². The third-order valence-corrected chi connectivity index (χ3v) is 4.36. The molecule has 0 aromatic heterocycles. The van der Waals surface area contributed by atoms with E-state index in [1.165, 1.54) is 19.1 Å². The van der Waals surface area contributed by atoms with Gasteiger partial charge in [-0.25, -0.2) is 4.79 Å². The molecule has 6 nitrogen and oxygen atoms in total. The Morgan fingerprint density at radius 3 is 2.82 bits per heavy atom. The quantitative estimate of drug-likeness (QED) is 0.568. The summed E-state index contributed by atoms with van der Waals surface area (Å²) in [5.74, 6) is 0.0390. The van der Waals surface area contributed by atoms with E-state index in [2.05, 4.69) is 5.32 Å². The number of esters is 1. The summed E-state index contributed by atoms with van der Waals surface area (Å²) in [7, 11) is 0. The Labute approximate surface area is 168 Å². The highest BCUT2D eigenvalue weighted by Gasteiger charge is 2.18. The van der Waals surface area contributed by atoms with Crippen molar-refractivity contribution in [3.05, 3.63) is 64.7 Å². The van der Waals surface area contributed by atoms with Crippen LogP contribution >= 0.6 is 11.6 Å². The van der Waals surface area contributed by atoms with E-state index in [0.29, 0.717) is 35.1 Å². The number of halogens is 1. The summed E-state index contributed by atoms with van der Waals surface area (Å²) in [5, 5.41) is 3.16. The lowest BCUT2D eigenvalue weighted by atomic mass is 10.1. The lowest BCUT2D eigenvalue weighted by molar-refractivity contribution is -0.150. The van der Waals surface area contributed by atoms with Crippen molar-refractivity contribution in [2.75, 3.05) is 13.3 Å². The van der Waals surface area contributed by atoms with Crippen LogP contribution in [0.25, 0.3) is 6.08 Å². The lowest BCUT2D eigenvalue weighted by Gasteiger charge is -2.12. The van der Waals surface area contributed by atoms with E-state index >= 15 is 0 Å². The summed E-state index contributed by atoms with van der Waals surface area (Å²) in [5.41, 5.74) is 1.78. The van der Waals surface area contributed by atoms with Crippen LogP contribution in [0.15, 0.2) is 48.5 Å². The highest BCUT2D eigenvalue weighted by Crippen LogP contribution is 2.40. The maximum Gasteiger partial charge on any atom is 0.331 e. The van der Waals surface area contributed by atoms with Gasteiger partial charge < -0.3 is 19.5 Å². The van der Waals surface area contributed by atoms with Gasteiger partial charge in [-0.1, -0.05) is 41.9 Å². The molecule has 2 aromatic rings. The molecule has 1 aliphatic rings. The summed E-state index contributed by atoms with van der Waals surface area (Å²) in [6.07, 6.45) is 2.59. The number of benzene rings is 2. The Hall–Kier alpha value is -2.99. The second-order valence-corrected chi connectivity index (χ2v) is 6.58. The van der Waals surface area contributed by atoms with Crippen LogP contribution in [0.5, 0.6) is 11.5 Å². The van der Waals surface area contributed by atoms with E-state index in [-0.39, 0.29) is 12.7 Å². The summed E-state index contributed by atoms with van der Waals surface area (Å²) in [6, 6.07) is 13.2. The average Bonchev–Trinajstić information content (AvgIpc) is 3.16. The van der Waals surface area contributed by atoms with Crippen molar-refractivity contribution in [2.24, 2.45) is 0 Å². The lowest BCUT2D eigenvalue weighted by Crippen LogP contribution is -2.36. The predicted octanol–water partition coefficient (Wildman–Crippen LogP) is 3.37. The van der Waals surface area contributed by atoms with E-state index in [1.54, 1.807) is 12.1 Å². The van der Waals surface area contributed by atoms with E-state index in [4.69, 9.17) is 25.8 Å². The molecule has 0 saturated carbocycles. The largest absolute Gasteiger partial charge is 0.454 e. The van der Waals surface area contributed by atoms with Crippen LogP contribution < -0.4 is 14.8 Å². The third-order valence-electron chi connectivity index (χ3n) is 4.08. The molecule has 0 saturated heterocycles. The Balaban J connectivity index is 1.46. The maximum absolute atomic E-state index is 12.1. The molecule has 7 heteroatoms. The Bertz CT molecular complexity index is 882. The molecule has 0 aliphatic carbocycles. The molecule has 0 radical (unpaired) electrons. The Morgan fingerprint density at radius 2 is 2.04 bits per heavy atom. The molecule has 1 amide bonds.